The Bertz CT molecular complexity index is 1080. The molecule has 178 valence electrons. The molecule has 5 heteroatoms. The van der Waals surface area contributed by atoms with Crippen molar-refractivity contribution in [1.82, 2.24) is 5.32 Å². The molecule has 1 aliphatic carbocycles. The summed E-state index contributed by atoms with van der Waals surface area (Å²) in [5.41, 5.74) is 4.14. The summed E-state index contributed by atoms with van der Waals surface area (Å²) in [6.07, 6.45) is 3.71. The van der Waals surface area contributed by atoms with Gasteiger partial charge in [-0.15, -0.1) is 0 Å². The van der Waals surface area contributed by atoms with Gasteiger partial charge in [-0.2, -0.15) is 0 Å². The van der Waals surface area contributed by atoms with E-state index in [1.807, 2.05) is 18.2 Å². The molecule has 2 unspecified atom stereocenters. The van der Waals surface area contributed by atoms with E-state index in [1.165, 1.54) is 11.1 Å². The van der Waals surface area contributed by atoms with Crippen LogP contribution in [0.25, 0.3) is 0 Å². The maximum Gasteiger partial charge on any atom is 0.251 e. The molecular formula is C29H33NO4. The Hall–Kier alpha value is -3.31. The van der Waals surface area contributed by atoms with Gasteiger partial charge in [-0.3, -0.25) is 4.79 Å². The van der Waals surface area contributed by atoms with Crippen molar-refractivity contribution in [1.29, 1.82) is 0 Å². The molecule has 0 aliphatic heterocycles. The first kappa shape index (κ1) is 23.8. The molecule has 0 spiro atoms. The molecule has 0 bridgehead atoms. The molecule has 0 heterocycles. The molecule has 1 aliphatic rings. The lowest BCUT2D eigenvalue weighted by Gasteiger charge is -2.22. The summed E-state index contributed by atoms with van der Waals surface area (Å²) in [6.45, 7) is 3.14. The molecule has 0 radical (unpaired) electrons. The number of nitrogens with one attached hydrogen (secondary N) is 1. The number of amides is 1. The molecule has 3 aromatic carbocycles. The highest BCUT2D eigenvalue weighted by Crippen LogP contribution is 2.29. The lowest BCUT2D eigenvalue weighted by molar-refractivity contribution is 0.0272. The summed E-state index contributed by atoms with van der Waals surface area (Å²) >= 11 is 0. The fourth-order valence-corrected chi connectivity index (χ4v) is 4.40. The van der Waals surface area contributed by atoms with Gasteiger partial charge in [0, 0.05) is 12.0 Å². The number of rotatable bonds is 10. The molecule has 1 fully saturated rings. The van der Waals surface area contributed by atoms with Gasteiger partial charge < -0.3 is 19.5 Å². The Balaban J connectivity index is 1.35. The average molecular weight is 460 g/mol. The van der Waals surface area contributed by atoms with E-state index in [0.717, 1.165) is 31.2 Å². The molecule has 1 amide bonds. The van der Waals surface area contributed by atoms with E-state index in [0.29, 0.717) is 30.3 Å². The van der Waals surface area contributed by atoms with E-state index in [9.17, 15) is 4.79 Å². The topological polar surface area (TPSA) is 56.8 Å². The fourth-order valence-electron chi connectivity index (χ4n) is 4.40. The lowest BCUT2D eigenvalue weighted by Crippen LogP contribution is -2.41. The summed E-state index contributed by atoms with van der Waals surface area (Å²) in [5.74, 6) is 1.07. The van der Waals surface area contributed by atoms with Crippen LogP contribution in [0.4, 0.5) is 0 Å². The molecule has 5 nitrogen and oxygen atoms in total. The monoisotopic (exact) mass is 459 g/mol. The van der Waals surface area contributed by atoms with Crippen LogP contribution in [-0.2, 0) is 17.8 Å². The Morgan fingerprint density at radius 3 is 2.56 bits per heavy atom. The van der Waals surface area contributed by atoms with Gasteiger partial charge in [0.05, 0.1) is 32.5 Å². The van der Waals surface area contributed by atoms with Crippen LogP contribution in [0.5, 0.6) is 11.5 Å². The highest BCUT2D eigenvalue weighted by atomic mass is 16.5. The van der Waals surface area contributed by atoms with E-state index >= 15 is 0 Å². The van der Waals surface area contributed by atoms with Gasteiger partial charge in [0.15, 0.2) is 11.5 Å². The van der Waals surface area contributed by atoms with Crippen molar-refractivity contribution >= 4 is 5.91 Å². The van der Waals surface area contributed by atoms with E-state index in [-0.39, 0.29) is 18.1 Å². The van der Waals surface area contributed by atoms with Crippen LogP contribution in [0.2, 0.25) is 0 Å². The Kier molecular flexibility index (Phi) is 8.21. The van der Waals surface area contributed by atoms with Crippen LogP contribution in [0.15, 0.2) is 72.8 Å². The van der Waals surface area contributed by atoms with Crippen molar-refractivity contribution in [3.63, 3.8) is 0 Å². The number of benzene rings is 3. The highest BCUT2D eigenvalue weighted by Gasteiger charge is 2.29. The Morgan fingerprint density at radius 1 is 0.941 bits per heavy atom. The SMILES string of the molecule is COc1ccc(C(=O)NC2CCCC2OCc2ccccc2)cc1OCCc1cccc(C)c1. The second-order valence-corrected chi connectivity index (χ2v) is 8.80. The number of hydrogen-bond acceptors (Lipinski definition) is 4. The second kappa shape index (κ2) is 11.7. The highest BCUT2D eigenvalue weighted by molar-refractivity contribution is 5.95. The number of ether oxygens (including phenoxy) is 3. The minimum absolute atomic E-state index is 0.00371. The number of carbonyl (C=O) groups is 1. The van der Waals surface area contributed by atoms with E-state index in [2.05, 4.69) is 48.6 Å². The third kappa shape index (κ3) is 6.39. The van der Waals surface area contributed by atoms with Gasteiger partial charge in [0.1, 0.15) is 0 Å². The predicted octanol–water partition coefficient (Wildman–Crippen LogP) is 5.49. The maximum absolute atomic E-state index is 13.0. The van der Waals surface area contributed by atoms with Gasteiger partial charge in [-0.1, -0.05) is 60.2 Å². The summed E-state index contributed by atoms with van der Waals surface area (Å²) in [4.78, 5) is 13.0. The Labute approximate surface area is 202 Å². The zero-order valence-electron chi connectivity index (χ0n) is 20.0. The van der Waals surface area contributed by atoms with Crippen molar-refractivity contribution in [3.8, 4) is 11.5 Å². The van der Waals surface area contributed by atoms with Crippen LogP contribution in [-0.4, -0.2) is 31.8 Å². The third-order valence-corrected chi connectivity index (χ3v) is 6.23. The first-order valence-electron chi connectivity index (χ1n) is 11.9. The van der Waals surface area contributed by atoms with Gasteiger partial charge in [0.2, 0.25) is 0 Å². The summed E-state index contributed by atoms with van der Waals surface area (Å²) in [6, 6.07) is 23.8. The van der Waals surface area contributed by atoms with Gasteiger partial charge in [-0.05, 0) is 55.5 Å². The van der Waals surface area contributed by atoms with Crippen LogP contribution < -0.4 is 14.8 Å². The van der Waals surface area contributed by atoms with E-state index in [1.54, 1.807) is 25.3 Å². The van der Waals surface area contributed by atoms with Crippen molar-refractivity contribution in [3.05, 3.63) is 95.1 Å². The minimum atomic E-state index is -0.119. The maximum atomic E-state index is 13.0. The smallest absolute Gasteiger partial charge is 0.251 e. The predicted molar refractivity (Wildman–Crippen MR) is 133 cm³/mol. The van der Waals surface area contributed by atoms with Crippen molar-refractivity contribution in [2.45, 2.75) is 51.4 Å². The first-order chi connectivity index (χ1) is 16.6. The van der Waals surface area contributed by atoms with Gasteiger partial charge in [-0.25, -0.2) is 0 Å². The molecular weight excluding hydrogens is 426 g/mol. The van der Waals surface area contributed by atoms with Crippen LogP contribution in [0, 0.1) is 6.92 Å². The number of hydrogen-bond donors (Lipinski definition) is 1. The summed E-state index contributed by atoms with van der Waals surface area (Å²) in [5, 5.41) is 3.17. The van der Waals surface area contributed by atoms with Gasteiger partial charge >= 0.3 is 0 Å². The van der Waals surface area contributed by atoms with Crippen LogP contribution in [0.3, 0.4) is 0 Å². The third-order valence-electron chi connectivity index (χ3n) is 6.23. The zero-order chi connectivity index (χ0) is 23.8. The first-order valence-corrected chi connectivity index (χ1v) is 11.9. The quantitative estimate of drug-likeness (QED) is 0.435. The van der Waals surface area contributed by atoms with Crippen molar-refractivity contribution in [2.75, 3.05) is 13.7 Å². The second-order valence-electron chi connectivity index (χ2n) is 8.80. The molecule has 1 N–H and O–H groups in total. The molecule has 4 rings (SSSR count). The molecule has 2 atom stereocenters. The molecule has 3 aromatic rings. The van der Waals surface area contributed by atoms with Crippen molar-refractivity contribution < 1.29 is 19.0 Å². The number of carbonyl (C=O) groups excluding carboxylic acids is 1. The van der Waals surface area contributed by atoms with E-state index in [4.69, 9.17) is 14.2 Å². The van der Waals surface area contributed by atoms with E-state index < -0.39 is 0 Å². The molecule has 0 aromatic heterocycles. The molecule has 0 saturated heterocycles. The van der Waals surface area contributed by atoms with Gasteiger partial charge in [0.25, 0.3) is 5.91 Å². The lowest BCUT2D eigenvalue weighted by atomic mass is 10.1. The molecule has 1 saturated carbocycles. The van der Waals surface area contributed by atoms with Crippen LogP contribution in [0.1, 0.15) is 46.3 Å². The normalized spacial score (nSPS) is 17.4. The average Bonchev–Trinajstić information content (AvgIpc) is 3.30. The zero-order valence-corrected chi connectivity index (χ0v) is 20.0. The summed E-state index contributed by atoms with van der Waals surface area (Å²) in [7, 11) is 1.61. The standard InChI is InChI=1S/C29H33NO4/c1-21-8-6-11-22(18-21)16-17-33-28-19-24(14-15-27(28)32-2)29(31)30-25-12-7-13-26(25)34-20-23-9-4-3-5-10-23/h3-6,8-11,14-15,18-19,25-26H,7,12-13,16-17,20H2,1-2H3,(H,30,31). The Morgan fingerprint density at radius 2 is 1.76 bits per heavy atom. The molecule has 34 heavy (non-hydrogen) atoms. The number of methoxy groups -OCH3 is 1. The number of aryl methyl sites for hydroxylation is 1. The summed E-state index contributed by atoms with van der Waals surface area (Å²) < 4.78 is 17.6. The van der Waals surface area contributed by atoms with Crippen molar-refractivity contribution in [2.24, 2.45) is 0 Å². The largest absolute Gasteiger partial charge is 0.493 e. The minimum Gasteiger partial charge on any atom is -0.493 e. The fraction of sp³-hybridized carbons (Fsp3) is 0.345. The van der Waals surface area contributed by atoms with Crippen LogP contribution >= 0.6 is 0 Å².